The molecule has 106 valence electrons. The Balaban J connectivity index is 2.11. The number of aromatic nitrogens is 2. The lowest BCUT2D eigenvalue weighted by Gasteiger charge is -2.04. The molecule has 0 aliphatic heterocycles. The molecule has 0 atom stereocenters. The first kappa shape index (κ1) is 14.6. The number of rotatable bonds is 4. The van der Waals surface area contributed by atoms with E-state index in [9.17, 15) is 18.0 Å². The topological polar surface area (TPSA) is 46.9 Å². The summed E-state index contributed by atoms with van der Waals surface area (Å²) in [6, 6.07) is 3.94. The van der Waals surface area contributed by atoms with Gasteiger partial charge in [-0.15, -0.1) is 0 Å². The molecule has 1 N–H and O–H groups in total. The van der Waals surface area contributed by atoms with Gasteiger partial charge in [-0.05, 0) is 18.2 Å². The predicted octanol–water partition coefficient (Wildman–Crippen LogP) is 3.30. The molecule has 1 heterocycles. The SMILES string of the molecule is O=C(Nc1cnn(CC(F)F)c1)c1cc(Br)ccc1F. The third kappa shape index (κ3) is 3.60. The zero-order chi connectivity index (χ0) is 14.7. The molecule has 0 aliphatic rings. The lowest BCUT2D eigenvalue weighted by Crippen LogP contribution is -2.13. The van der Waals surface area contributed by atoms with E-state index in [1.165, 1.54) is 24.5 Å². The Hall–Kier alpha value is -1.83. The highest BCUT2D eigenvalue weighted by atomic mass is 79.9. The van der Waals surface area contributed by atoms with Gasteiger partial charge in [-0.2, -0.15) is 5.10 Å². The van der Waals surface area contributed by atoms with E-state index in [2.05, 4.69) is 26.3 Å². The molecule has 2 rings (SSSR count). The number of nitrogens with zero attached hydrogens (tertiary/aromatic N) is 2. The van der Waals surface area contributed by atoms with Crippen LogP contribution in [0.4, 0.5) is 18.9 Å². The zero-order valence-corrected chi connectivity index (χ0v) is 11.6. The molecule has 1 aromatic carbocycles. The van der Waals surface area contributed by atoms with Crippen molar-refractivity contribution >= 4 is 27.5 Å². The molecule has 0 spiro atoms. The van der Waals surface area contributed by atoms with Crippen LogP contribution in [-0.4, -0.2) is 22.1 Å². The zero-order valence-electron chi connectivity index (χ0n) is 9.99. The summed E-state index contributed by atoms with van der Waals surface area (Å²) in [7, 11) is 0. The van der Waals surface area contributed by atoms with Crippen LogP contribution in [0.15, 0.2) is 35.1 Å². The maximum absolute atomic E-state index is 13.5. The number of anilines is 1. The number of halogens is 4. The minimum Gasteiger partial charge on any atom is -0.319 e. The highest BCUT2D eigenvalue weighted by Gasteiger charge is 2.13. The molecular formula is C12H9BrF3N3O. The van der Waals surface area contributed by atoms with Crippen LogP contribution < -0.4 is 5.32 Å². The smallest absolute Gasteiger partial charge is 0.258 e. The maximum atomic E-state index is 13.5. The van der Waals surface area contributed by atoms with E-state index in [0.717, 1.165) is 10.7 Å². The fourth-order valence-corrected chi connectivity index (χ4v) is 1.90. The van der Waals surface area contributed by atoms with Crippen LogP contribution in [0.5, 0.6) is 0 Å². The van der Waals surface area contributed by atoms with Gasteiger partial charge in [0.2, 0.25) is 0 Å². The number of carbonyl (C=O) groups is 1. The van der Waals surface area contributed by atoms with Gasteiger partial charge >= 0.3 is 0 Å². The number of benzene rings is 1. The van der Waals surface area contributed by atoms with Crippen molar-refractivity contribution in [1.29, 1.82) is 0 Å². The van der Waals surface area contributed by atoms with Crippen LogP contribution in [0, 0.1) is 5.82 Å². The molecule has 0 saturated carbocycles. The van der Waals surface area contributed by atoms with Gasteiger partial charge in [0.05, 0.1) is 17.4 Å². The summed E-state index contributed by atoms with van der Waals surface area (Å²) in [6.45, 7) is -0.568. The van der Waals surface area contributed by atoms with E-state index < -0.39 is 24.7 Å². The highest BCUT2D eigenvalue weighted by Crippen LogP contribution is 2.17. The van der Waals surface area contributed by atoms with E-state index >= 15 is 0 Å². The van der Waals surface area contributed by atoms with Crippen molar-refractivity contribution < 1.29 is 18.0 Å². The van der Waals surface area contributed by atoms with E-state index in [0.29, 0.717) is 4.47 Å². The second kappa shape index (κ2) is 6.08. The maximum Gasteiger partial charge on any atom is 0.258 e. The molecule has 2 aromatic rings. The Morgan fingerprint density at radius 3 is 2.90 bits per heavy atom. The number of hydrogen-bond acceptors (Lipinski definition) is 2. The van der Waals surface area contributed by atoms with Crippen molar-refractivity contribution in [1.82, 2.24) is 9.78 Å². The van der Waals surface area contributed by atoms with Gasteiger partial charge in [0.15, 0.2) is 0 Å². The second-order valence-electron chi connectivity index (χ2n) is 3.92. The van der Waals surface area contributed by atoms with Crippen LogP contribution >= 0.6 is 15.9 Å². The van der Waals surface area contributed by atoms with E-state index in [1.54, 1.807) is 0 Å². The summed E-state index contributed by atoms with van der Waals surface area (Å²) < 4.78 is 39.4. The first-order valence-corrected chi connectivity index (χ1v) is 6.32. The first-order chi connectivity index (χ1) is 9.45. The molecule has 8 heteroatoms. The number of amides is 1. The lowest BCUT2D eigenvalue weighted by atomic mass is 10.2. The van der Waals surface area contributed by atoms with Crippen LogP contribution in [0.2, 0.25) is 0 Å². The molecule has 4 nitrogen and oxygen atoms in total. The molecule has 0 unspecified atom stereocenters. The Labute approximate surface area is 120 Å². The largest absolute Gasteiger partial charge is 0.319 e. The number of nitrogens with one attached hydrogen (secondary N) is 1. The number of hydrogen-bond donors (Lipinski definition) is 1. The third-order valence-electron chi connectivity index (χ3n) is 2.39. The molecule has 0 aliphatic carbocycles. The molecule has 0 fully saturated rings. The molecule has 0 radical (unpaired) electrons. The second-order valence-corrected chi connectivity index (χ2v) is 4.84. The van der Waals surface area contributed by atoms with E-state index in [1.807, 2.05) is 0 Å². The Kier molecular flexibility index (Phi) is 4.43. The highest BCUT2D eigenvalue weighted by molar-refractivity contribution is 9.10. The third-order valence-corrected chi connectivity index (χ3v) is 2.88. The van der Waals surface area contributed by atoms with Crippen molar-refractivity contribution in [3.63, 3.8) is 0 Å². The standard InChI is InChI=1S/C12H9BrF3N3O/c13-7-1-2-10(14)9(3-7)12(20)18-8-4-17-19(5-8)6-11(15)16/h1-5,11H,6H2,(H,18,20). The van der Waals surface area contributed by atoms with Crippen LogP contribution in [-0.2, 0) is 6.54 Å². The van der Waals surface area contributed by atoms with Crippen molar-refractivity contribution in [3.05, 3.63) is 46.4 Å². The predicted molar refractivity (Wildman–Crippen MR) is 70.3 cm³/mol. The van der Waals surface area contributed by atoms with Crippen LogP contribution in [0.25, 0.3) is 0 Å². The monoisotopic (exact) mass is 347 g/mol. The average Bonchev–Trinajstić information content (AvgIpc) is 2.78. The quantitative estimate of drug-likeness (QED) is 0.922. The van der Waals surface area contributed by atoms with Crippen molar-refractivity contribution in [3.8, 4) is 0 Å². The van der Waals surface area contributed by atoms with Gasteiger partial charge in [0.1, 0.15) is 12.4 Å². The Morgan fingerprint density at radius 2 is 2.20 bits per heavy atom. The van der Waals surface area contributed by atoms with Crippen LogP contribution in [0.1, 0.15) is 10.4 Å². The molecular weight excluding hydrogens is 339 g/mol. The van der Waals surface area contributed by atoms with Gasteiger partial charge < -0.3 is 5.32 Å². The van der Waals surface area contributed by atoms with Crippen molar-refractivity contribution in [2.45, 2.75) is 13.0 Å². The fraction of sp³-hybridized carbons (Fsp3) is 0.167. The summed E-state index contributed by atoms with van der Waals surface area (Å²) in [5, 5.41) is 6.05. The number of alkyl halides is 2. The van der Waals surface area contributed by atoms with Gasteiger partial charge in [-0.25, -0.2) is 13.2 Å². The lowest BCUT2D eigenvalue weighted by molar-refractivity contribution is 0.102. The summed E-state index contributed by atoms with van der Waals surface area (Å²) in [5.41, 5.74) is 0.0658. The molecule has 1 aromatic heterocycles. The Bertz CT molecular complexity index is 630. The summed E-state index contributed by atoms with van der Waals surface area (Å²) in [6.07, 6.45) is -0.0724. The molecule has 1 amide bonds. The van der Waals surface area contributed by atoms with E-state index in [4.69, 9.17) is 0 Å². The van der Waals surface area contributed by atoms with Gasteiger partial charge in [0.25, 0.3) is 12.3 Å². The van der Waals surface area contributed by atoms with Gasteiger partial charge in [0, 0.05) is 10.7 Å². The normalized spacial score (nSPS) is 10.8. The molecule has 20 heavy (non-hydrogen) atoms. The van der Waals surface area contributed by atoms with Crippen molar-refractivity contribution in [2.75, 3.05) is 5.32 Å². The van der Waals surface area contributed by atoms with Gasteiger partial charge in [-0.1, -0.05) is 15.9 Å². The molecule has 0 saturated heterocycles. The first-order valence-electron chi connectivity index (χ1n) is 5.52. The molecule has 0 bridgehead atoms. The number of carbonyl (C=O) groups excluding carboxylic acids is 1. The van der Waals surface area contributed by atoms with E-state index in [-0.39, 0.29) is 11.3 Å². The minimum atomic E-state index is -2.54. The van der Waals surface area contributed by atoms with Crippen molar-refractivity contribution in [2.24, 2.45) is 0 Å². The minimum absolute atomic E-state index is 0.152. The summed E-state index contributed by atoms with van der Waals surface area (Å²) in [5.74, 6) is -1.36. The van der Waals surface area contributed by atoms with Gasteiger partial charge in [-0.3, -0.25) is 9.48 Å². The fourth-order valence-electron chi connectivity index (χ4n) is 1.54. The summed E-state index contributed by atoms with van der Waals surface area (Å²) >= 11 is 3.13. The average molecular weight is 348 g/mol. The Morgan fingerprint density at radius 1 is 1.45 bits per heavy atom. The summed E-state index contributed by atoms with van der Waals surface area (Å²) in [4.78, 5) is 11.9. The van der Waals surface area contributed by atoms with Crippen LogP contribution in [0.3, 0.4) is 0 Å².